The van der Waals surface area contributed by atoms with Crippen LogP contribution in [-0.2, 0) is 4.79 Å². The first kappa shape index (κ1) is 20.6. The maximum Gasteiger partial charge on any atom is 0.266 e. The lowest BCUT2D eigenvalue weighted by Crippen LogP contribution is -2.29. The minimum absolute atomic E-state index is 0.116. The van der Waals surface area contributed by atoms with E-state index in [-0.39, 0.29) is 16.7 Å². The van der Waals surface area contributed by atoms with Crippen molar-refractivity contribution in [3.63, 3.8) is 0 Å². The average molecular weight is 437 g/mol. The molecule has 1 saturated heterocycles. The number of thioether (sulfide) groups is 1. The van der Waals surface area contributed by atoms with Crippen molar-refractivity contribution >= 4 is 57.8 Å². The molecule has 0 spiro atoms. The molecule has 1 amide bonds. The molecule has 5 nitrogen and oxygen atoms in total. The van der Waals surface area contributed by atoms with Crippen molar-refractivity contribution in [2.45, 2.75) is 13.3 Å². The zero-order valence-electron chi connectivity index (χ0n) is 15.3. The number of ether oxygens (including phenoxy) is 1. The Bertz CT molecular complexity index is 959. The first-order valence-electron chi connectivity index (χ1n) is 8.55. The summed E-state index contributed by atoms with van der Waals surface area (Å²) in [4.78, 5) is 19.5. The van der Waals surface area contributed by atoms with Crippen LogP contribution in [0.15, 0.2) is 46.3 Å². The Morgan fingerprint density at radius 3 is 2.61 bits per heavy atom. The van der Waals surface area contributed by atoms with Crippen LogP contribution in [0.2, 0.25) is 10.0 Å². The minimum atomic E-state index is -0.172. The average Bonchev–Trinajstić information content (AvgIpc) is 2.95. The molecular weight excluding hydrogens is 419 g/mol. The van der Waals surface area contributed by atoms with Crippen LogP contribution in [0.1, 0.15) is 18.9 Å². The van der Waals surface area contributed by atoms with E-state index in [1.54, 1.807) is 24.2 Å². The molecular formula is C20H18Cl2N2O3S. The molecule has 1 aliphatic heterocycles. The second kappa shape index (κ2) is 8.90. The second-order valence-corrected chi connectivity index (χ2v) is 7.84. The first-order chi connectivity index (χ1) is 13.4. The van der Waals surface area contributed by atoms with Gasteiger partial charge in [-0.25, -0.2) is 4.99 Å². The van der Waals surface area contributed by atoms with Gasteiger partial charge in [0.25, 0.3) is 5.91 Å². The van der Waals surface area contributed by atoms with Crippen LogP contribution in [0, 0.1) is 0 Å². The molecule has 1 N–H and O–H groups in total. The van der Waals surface area contributed by atoms with Crippen molar-refractivity contribution in [1.29, 1.82) is 0 Å². The standard InChI is InChI=1S/C20H18Cl2N2O3S/c1-3-8-24-19(26)17(10-12-9-13(21)11-16(22)18(12)25)28-20(24)23-14-4-6-15(27-2)7-5-14/h4-7,9-11,25H,3,8H2,1-2H3/b17-10-,23-20?. The predicted octanol–water partition coefficient (Wildman–Crippen LogP) is 5.72. The van der Waals surface area contributed by atoms with E-state index < -0.39 is 0 Å². The third-order valence-electron chi connectivity index (χ3n) is 3.98. The minimum Gasteiger partial charge on any atom is -0.506 e. The van der Waals surface area contributed by atoms with Crippen LogP contribution in [0.4, 0.5) is 5.69 Å². The number of phenolic OH excluding ortho intramolecular Hbond substituents is 1. The fourth-order valence-corrected chi connectivity index (χ4v) is 4.14. The summed E-state index contributed by atoms with van der Waals surface area (Å²) in [5.74, 6) is 0.447. The molecule has 28 heavy (non-hydrogen) atoms. The van der Waals surface area contributed by atoms with Gasteiger partial charge in [-0.3, -0.25) is 9.69 Å². The topological polar surface area (TPSA) is 62.1 Å². The third-order valence-corrected chi connectivity index (χ3v) is 5.49. The number of nitrogens with zero attached hydrogens (tertiary/aromatic N) is 2. The summed E-state index contributed by atoms with van der Waals surface area (Å²) in [7, 11) is 1.60. The number of methoxy groups -OCH3 is 1. The molecule has 2 aromatic carbocycles. The van der Waals surface area contributed by atoms with Gasteiger partial charge in [0.1, 0.15) is 11.5 Å². The van der Waals surface area contributed by atoms with Crippen LogP contribution in [0.25, 0.3) is 6.08 Å². The smallest absolute Gasteiger partial charge is 0.266 e. The molecule has 0 bridgehead atoms. The molecule has 0 saturated carbocycles. The van der Waals surface area contributed by atoms with Gasteiger partial charge in [-0.1, -0.05) is 30.1 Å². The predicted molar refractivity (Wildman–Crippen MR) is 116 cm³/mol. The van der Waals surface area contributed by atoms with Crippen molar-refractivity contribution in [3.05, 3.63) is 56.9 Å². The van der Waals surface area contributed by atoms with E-state index >= 15 is 0 Å². The molecule has 146 valence electrons. The zero-order valence-corrected chi connectivity index (χ0v) is 17.6. The number of hydrogen-bond acceptors (Lipinski definition) is 5. The van der Waals surface area contributed by atoms with Crippen molar-refractivity contribution < 1.29 is 14.6 Å². The van der Waals surface area contributed by atoms with Gasteiger partial charge < -0.3 is 9.84 Å². The highest BCUT2D eigenvalue weighted by Gasteiger charge is 2.33. The maximum absolute atomic E-state index is 12.9. The monoisotopic (exact) mass is 436 g/mol. The van der Waals surface area contributed by atoms with Gasteiger partial charge in [0, 0.05) is 17.1 Å². The Balaban J connectivity index is 1.97. The quantitative estimate of drug-likeness (QED) is 0.608. The van der Waals surface area contributed by atoms with Gasteiger partial charge in [0.15, 0.2) is 5.17 Å². The molecule has 0 aromatic heterocycles. The summed E-state index contributed by atoms with van der Waals surface area (Å²) < 4.78 is 5.16. The number of aliphatic imine (C=N–C) groups is 1. The molecule has 1 aliphatic rings. The number of carbonyl (C=O) groups is 1. The highest BCUT2D eigenvalue weighted by molar-refractivity contribution is 8.18. The van der Waals surface area contributed by atoms with Gasteiger partial charge in [0.05, 0.1) is 22.7 Å². The van der Waals surface area contributed by atoms with E-state index in [0.717, 1.165) is 12.2 Å². The van der Waals surface area contributed by atoms with Gasteiger partial charge in [-0.05, 0) is 60.7 Å². The summed E-state index contributed by atoms with van der Waals surface area (Å²) in [5, 5.41) is 11.3. The molecule has 2 aromatic rings. The number of benzene rings is 2. The van der Waals surface area contributed by atoms with E-state index in [9.17, 15) is 9.90 Å². The first-order valence-corrected chi connectivity index (χ1v) is 10.1. The molecule has 0 aliphatic carbocycles. The number of carbonyl (C=O) groups excluding carboxylic acids is 1. The summed E-state index contributed by atoms with van der Waals surface area (Å²) in [6.07, 6.45) is 2.37. The molecule has 8 heteroatoms. The third kappa shape index (κ3) is 4.46. The Hall–Kier alpha value is -2.15. The number of amidine groups is 1. The van der Waals surface area contributed by atoms with E-state index in [1.807, 2.05) is 31.2 Å². The summed E-state index contributed by atoms with van der Waals surface area (Å²) >= 11 is 13.2. The zero-order chi connectivity index (χ0) is 20.3. The lowest BCUT2D eigenvalue weighted by molar-refractivity contribution is -0.122. The van der Waals surface area contributed by atoms with Crippen LogP contribution in [-0.4, -0.2) is 34.7 Å². The molecule has 1 fully saturated rings. The van der Waals surface area contributed by atoms with E-state index in [4.69, 9.17) is 27.9 Å². The van der Waals surface area contributed by atoms with E-state index in [0.29, 0.717) is 32.9 Å². The molecule has 0 unspecified atom stereocenters. The van der Waals surface area contributed by atoms with Crippen LogP contribution < -0.4 is 4.74 Å². The van der Waals surface area contributed by atoms with Crippen molar-refractivity contribution in [2.75, 3.05) is 13.7 Å². The second-order valence-electron chi connectivity index (χ2n) is 5.99. The molecule has 0 radical (unpaired) electrons. The normalized spacial score (nSPS) is 17.0. The number of phenols is 1. The summed E-state index contributed by atoms with van der Waals surface area (Å²) in [6.45, 7) is 2.54. The van der Waals surface area contributed by atoms with Crippen molar-refractivity contribution in [1.82, 2.24) is 4.90 Å². The Morgan fingerprint density at radius 2 is 1.96 bits per heavy atom. The summed E-state index contributed by atoms with van der Waals surface area (Å²) in [5.41, 5.74) is 1.10. The van der Waals surface area contributed by atoms with Crippen LogP contribution >= 0.6 is 35.0 Å². The van der Waals surface area contributed by atoms with Gasteiger partial charge in [0.2, 0.25) is 0 Å². The molecule has 3 rings (SSSR count). The fourth-order valence-electron chi connectivity index (χ4n) is 2.62. The Labute approximate surface area is 177 Å². The number of aromatic hydroxyl groups is 1. The largest absolute Gasteiger partial charge is 0.506 e. The van der Waals surface area contributed by atoms with Crippen molar-refractivity contribution in [3.8, 4) is 11.5 Å². The summed E-state index contributed by atoms with van der Waals surface area (Å²) in [6, 6.07) is 10.3. The lowest BCUT2D eigenvalue weighted by atomic mass is 10.2. The highest BCUT2D eigenvalue weighted by Crippen LogP contribution is 2.38. The molecule has 1 heterocycles. The number of hydrogen-bond donors (Lipinski definition) is 1. The van der Waals surface area contributed by atoms with Crippen LogP contribution in [0.5, 0.6) is 11.5 Å². The fraction of sp³-hybridized carbons (Fsp3) is 0.200. The number of halogens is 2. The highest BCUT2D eigenvalue weighted by atomic mass is 35.5. The van der Waals surface area contributed by atoms with Crippen LogP contribution in [0.3, 0.4) is 0 Å². The van der Waals surface area contributed by atoms with E-state index in [2.05, 4.69) is 4.99 Å². The maximum atomic E-state index is 12.9. The lowest BCUT2D eigenvalue weighted by Gasteiger charge is -2.14. The van der Waals surface area contributed by atoms with E-state index in [1.165, 1.54) is 17.8 Å². The number of amides is 1. The molecule has 0 atom stereocenters. The van der Waals surface area contributed by atoms with Gasteiger partial charge in [-0.15, -0.1) is 0 Å². The Morgan fingerprint density at radius 1 is 1.25 bits per heavy atom. The Kier molecular flexibility index (Phi) is 6.54. The van der Waals surface area contributed by atoms with Crippen molar-refractivity contribution in [2.24, 2.45) is 4.99 Å². The SMILES string of the molecule is CCCN1C(=O)/C(=C/c2cc(Cl)cc(Cl)c2O)SC1=Nc1ccc(OC)cc1. The van der Waals surface area contributed by atoms with Gasteiger partial charge >= 0.3 is 0 Å². The van der Waals surface area contributed by atoms with Gasteiger partial charge in [-0.2, -0.15) is 0 Å². The number of rotatable bonds is 5.